The van der Waals surface area contributed by atoms with Gasteiger partial charge in [0.1, 0.15) is 0 Å². The third-order valence-electron chi connectivity index (χ3n) is 5.63. The van der Waals surface area contributed by atoms with Crippen LogP contribution in [0.3, 0.4) is 0 Å². The van der Waals surface area contributed by atoms with E-state index in [9.17, 15) is 9.59 Å². The van der Waals surface area contributed by atoms with Crippen LogP contribution in [-0.2, 0) is 16.0 Å². The van der Waals surface area contributed by atoms with E-state index in [4.69, 9.17) is 9.47 Å². The minimum absolute atomic E-state index is 0.0213. The highest BCUT2D eigenvalue weighted by Gasteiger charge is 2.34. The minimum Gasteiger partial charge on any atom is -0.493 e. The lowest BCUT2D eigenvalue weighted by molar-refractivity contribution is -0.128. The first-order valence-corrected chi connectivity index (χ1v) is 10.2. The highest BCUT2D eigenvalue weighted by atomic mass is 16.5. The van der Waals surface area contributed by atoms with E-state index < -0.39 is 0 Å². The molecule has 1 atom stereocenters. The number of nitrogens with one attached hydrogen (secondary N) is 1. The molecule has 160 valence electrons. The number of nitrogens with zero attached hydrogens (tertiary/aromatic N) is 1. The number of aryl methyl sites for hydroxylation is 3. The molecule has 1 aliphatic heterocycles. The van der Waals surface area contributed by atoms with Gasteiger partial charge >= 0.3 is 0 Å². The molecule has 3 rings (SSSR count). The van der Waals surface area contributed by atoms with Gasteiger partial charge in [0.15, 0.2) is 11.5 Å². The zero-order chi connectivity index (χ0) is 21.8. The molecule has 2 amide bonds. The first-order valence-electron chi connectivity index (χ1n) is 10.2. The molecule has 1 saturated heterocycles. The molecule has 0 spiro atoms. The van der Waals surface area contributed by atoms with E-state index in [0.29, 0.717) is 31.0 Å². The second-order valence-corrected chi connectivity index (χ2v) is 7.94. The number of likely N-dealkylation sites (tertiary alicyclic amines) is 1. The second-order valence-electron chi connectivity index (χ2n) is 7.94. The standard InChI is InChI=1S/C24H30N2O4/c1-15-10-16(2)23(17(3)11-15)25-24(28)19-13-22(27)26(14-19)9-8-18-6-7-20(29-4)21(12-18)30-5/h6-7,10-12,19H,8-9,13-14H2,1-5H3,(H,25,28). The number of anilines is 1. The summed E-state index contributed by atoms with van der Waals surface area (Å²) in [6, 6.07) is 9.86. The zero-order valence-electron chi connectivity index (χ0n) is 18.4. The lowest BCUT2D eigenvalue weighted by Gasteiger charge is -2.18. The Morgan fingerprint density at radius 2 is 1.73 bits per heavy atom. The fraction of sp³-hybridized carbons (Fsp3) is 0.417. The third-order valence-corrected chi connectivity index (χ3v) is 5.63. The monoisotopic (exact) mass is 410 g/mol. The van der Waals surface area contributed by atoms with Crippen LogP contribution in [0.2, 0.25) is 0 Å². The summed E-state index contributed by atoms with van der Waals surface area (Å²) in [4.78, 5) is 27.0. The molecule has 6 nitrogen and oxygen atoms in total. The number of benzene rings is 2. The van der Waals surface area contributed by atoms with E-state index in [1.807, 2.05) is 39.0 Å². The molecule has 30 heavy (non-hydrogen) atoms. The molecule has 1 unspecified atom stereocenters. The first-order chi connectivity index (χ1) is 14.3. The molecule has 2 aromatic carbocycles. The number of carbonyl (C=O) groups is 2. The van der Waals surface area contributed by atoms with Gasteiger partial charge in [0.05, 0.1) is 20.1 Å². The number of rotatable bonds is 7. The number of hydrogen-bond donors (Lipinski definition) is 1. The van der Waals surface area contributed by atoms with Gasteiger partial charge in [-0.15, -0.1) is 0 Å². The lowest BCUT2D eigenvalue weighted by Crippen LogP contribution is -2.30. The summed E-state index contributed by atoms with van der Waals surface area (Å²) >= 11 is 0. The predicted octanol–water partition coefficient (Wildman–Crippen LogP) is 3.66. The molecule has 1 fully saturated rings. The Kier molecular flexibility index (Phi) is 6.65. The molecule has 1 N–H and O–H groups in total. The number of ether oxygens (including phenoxy) is 2. The van der Waals surface area contributed by atoms with E-state index in [1.165, 1.54) is 5.56 Å². The minimum atomic E-state index is -0.331. The van der Waals surface area contributed by atoms with Crippen LogP contribution in [0.1, 0.15) is 28.7 Å². The van der Waals surface area contributed by atoms with Crippen molar-refractivity contribution in [1.29, 1.82) is 0 Å². The maximum Gasteiger partial charge on any atom is 0.229 e. The van der Waals surface area contributed by atoms with Crippen LogP contribution in [0.4, 0.5) is 5.69 Å². The van der Waals surface area contributed by atoms with Crippen LogP contribution in [0, 0.1) is 26.7 Å². The molecule has 1 aliphatic rings. The van der Waals surface area contributed by atoms with Crippen LogP contribution in [0.15, 0.2) is 30.3 Å². The lowest BCUT2D eigenvalue weighted by atomic mass is 10.0. The summed E-state index contributed by atoms with van der Waals surface area (Å²) in [5, 5.41) is 3.04. The van der Waals surface area contributed by atoms with Crippen LogP contribution in [-0.4, -0.2) is 44.0 Å². The molecule has 6 heteroatoms. The fourth-order valence-electron chi connectivity index (χ4n) is 4.07. The SMILES string of the molecule is COc1ccc(CCN2CC(C(=O)Nc3c(C)cc(C)cc3C)CC2=O)cc1OC. The quantitative estimate of drug-likeness (QED) is 0.756. The third kappa shape index (κ3) is 4.75. The van der Waals surface area contributed by atoms with Crippen molar-refractivity contribution < 1.29 is 19.1 Å². The Balaban J connectivity index is 1.60. The van der Waals surface area contributed by atoms with Gasteiger partial charge < -0.3 is 19.7 Å². The van der Waals surface area contributed by atoms with Crippen molar-refractivity contribution in [3.63, 3.8) is 0 Å². The van der Waals surface area contributed by atoms with Crippen molar-refractivity contribution >= 4 is 17.5 Å². The molecular weight excluding hydrogens is 380 g/mol. The number of carbonyl (C=O) groups excluding carboxylic acids is 2. The zero-order valence-corrected chi connectivity index (χ0v) is 18.4. The van der Waals surface area contributed by atoms with Gasteiger partial charge in [0.25, 0.3) is 0 Å². The summed E-state index contributed by atoms with van der Waals surface area (Å²) in [5.74, 6) is 0.948. The van der Waals surface area contributed by atoms with E-state index in [1.54, 1.807) is 19.1 Å². The van der Waals surface area contributed by atoms with Crippen LogP contribution in [0.25, 0.3) is 0 Å². The Hall–Kier alpha value is -3.02. The van der Waals surface area contributed by atoms with Gasteiger partial charge in [-0.05, 0) is 56.0 Å². The van der Waals surface area contributed by atoms with Gasteiger partial charge in [0.2, 0.25) is 11.8 Å². The molecule has 0 saturated carbocycles. The molecule has 0 aromatic heterocycles. The average molecular weight is 411 g/mol. The number of hydrogen-bond acceptors (Lipinski definition) is 4. The van der Waals surface area contributed by atoms with E-state index in [-0.39, 0.29) is 24.2 Å². The molecular formula is C24H30N2O4. The maximum atomic E-state index is 12.8. The maximum absolute atomic E-state index is 12.8. The fourth-order valence-corrected chi connectivity index (χ4v) is 4.07. The smallest absolute Gasteiger partial charge is 0.229 e. The highest BCUT2D eigenvalue weighted by molar-refractivity contribution is 5.98. The van der Waals surface area contributed by atoms with E-state index in [2.05, 4.69) is 17.4 Å². The molecule has 1 heterocycles. The summed E-state index contributed by atoms with van der Waals surface area (Å²) in [7, 11) is 3.21. The predicted molar refractivity (Wildman–Crippen MR) is 117 cm³/mol. The summed E-state index contributed by atoms with van der Waals surface area (Å²) in [6.45, 7) is 7.04. The first kappa shape index (κ1) is 21.7. The van der Waals surface area contributed by atoms with Crippen molar-refractivity contribution in [3.8, 4) is 11.5 Å². The van der Waals surface area contributed by atoms with Gasteiger partial charge in [-0.25, -0.2) is 0 Å². The van der Waals surface area contributed by atoms with Gasteiger partial charge in [-0.2, -0.15) is 0 Å². The molecule has 0 aliphatic carbocycles. The van der Waals surface area contributed by atoms with Crippen LogP contribution < -0.4 is 14.8 Å². The summed E-state index contributed by atoms with van der Waals surface area (Å²) in [6.07, 6.45) is 0.943. The largest absolute Gasteiger partial charge is 0.493 e. The van der Waals surface area contributed by atoms with E-state index >= 15 is 0 Å². The second kappa shape index (κ2) is 9.20. The molecule has 2 aromatic rings. The topological polar surface area (TPSA) is 67.9 Å². The Morgan fingerprint density at radius 1 is 1.07 bits per heavy atom. The number of methoxy groups -OCH3 is 2. The van der Waals surface area contributed by atoms with Crippen molar-refractivity contribution in [2.45, 2.75) is 33.6 Å². The summed E-state index contributed by atoms with van der Waals surface area (Å²) < 4.78 is 10.6. The van der Waals surface area contributed by atoms with Crippen LogP contribution >= 0.6 is 0 Å². The Bertz CT molecular complexity index is 931. The average Bonchev–Trinajstić information content (AvgIpc) is 3.09. The highest BCUT2D eigenvalue weighted by Crippen LogP contribution is 2.29. The Labute approximate surface area is 178 Å². The summed E-state index contributed by atoms with van der Waals surface area (Å²) in [5.41, 5.74) is 5.15. The van der Waals surface area contributed by atoms with Gasteiger partial charge in [-0.3, -0.25) is 9.59 Å². The van der Waals surface area contributed by atoms with Gasteiger partial charge in [0, 0.05) is 25.2 Å². The van der Waals surface area contributed by atoms with Crippen molar-refractivity contribution in [2.75, 3.05) is 32.6 Å². The van der Waals surface area contributed by atoms with Gasteiger partial charge in [-0.1, -0.05) is 23.8 Å². The van der Waals surface area contributed by atoms with Crippen LogP contribution in [0.5, 0.6) is 11.5 Å². The van der Waals surface area contributed by atoms with Crippen molar-refractivity contribution in [2.24, 2.45) is 5.92 Å². The van der Waals surface area contributed by atoms with Crippen molar-refractivity contribution in [3.05, 3.63) is 52.6 Å². The molecule has 0 radical (unpaired) electrons. The number of amides is 2. The van der Waals surface area contributed by atoms with Crippen molar-refractivity contribution in [1.82, 2.24) is 4.90 Å². The van der Waals surface area contributed by atoms with E-state index in [0.717, 1.165) is 22.4 Å². The molecule has 0 bridgehead atoms. The Morgan fingerprint density at radius 3 is 2.37 bits per heavy atom. The normalized spacial score (nSPS) is 16.0.